The summed E-state index contributed by atoms with van der Waals surface area (Å²) in [5.74, 6) is 0.257. The van der Waals surface area contributed by atoms with Crippen molar-refractivity contribution in [2.75, 3.05) is 11.1 Å². The van der Waals surface area contributed by atoms with Crippen molar-refractivity contribution in [3.05, 3.63) is 22.2 Å². The van der Waals surface area contributed by atoms with Crippen LogP contribution in [0.5, 0.6) is 0 Å². The lowest BCUT2D eigenvalue weighted by Crippen LogP contribution is -2.42. The summed E-state index contributed by atoms with van der Waals surface area (Å²) in [6.45, 7) is 0. The second kappa shape index (κ2) is 6.01. The Balaban J connectivity index is 1.72. The molecule has 21 heavy (non-hydrogen) atoms. The molecular weight excluding hydrogens is 311 g/mol. The van der Waals surface area contributed by atoms with Gasteiger partial charge in [-0.3, -0.25) is 10.2 Å². The van der Waals surface area contributed by atoms with E-state index in [1.54, 1.807) is 12.1 Å². The second-order valence-electron chi connectivity index (χ2n) is 5.66. The maximum absolute atomic E-state index is 12.4. The van der Waals surface area contributed by atoms with E-state index in [1.807, 2.05) is 0 Å². The number of nitrogens with one attached hydrogen (secondary N) is 3. The third-order valence-electron chi connectivity index (χ3n) is 4.30. The number of carbonyl (C=O) groups is 1. The van der Waals surface area contributed by atoms with Crippen LogP contribution in [0.3, 0.4) is 0 Å². The molecule has 0 radical (unpaired) electrons. The monoisotopic (exact) mass is 328 g/mol. The molecule has 1 saturated heterocycles. The van der Waals surface area contributed by atoms with Crippen molar-refractivity contribution in [2.45, 2.75) is 37.8 Å². The molecule has 1 amide bonds. The zero-order valence-electron chi connectivity index (χ0n) is 11.5. The predicted molar refractivity (Wildman–Crippen MR) is 85.3 cm³/mol. The Bertz CT molecular complexity index is 543. The Morgan fingerprint density at radius 1 is 1.19 bits per heavy atom. The number of benzene rings is 1. The number of hydrogen-bond donors (Lipinski definition) is 4. The minimum Gasteiger partial charge on any atom is -0.396 e. The average molecular weight is 329 g/mol. The number of anilines is 2. The zero-order valence-corrected chi connectivity index (χ0v) is 13.0. The van der Waals surface area contributed by atoms with Crippen LogP contribution in [0, 0.1) is 5.92 Å². The summed E-state index contributed by atoms with van der Waals surface area (Å²) in [5, 5.41) is 3.54. The van der Waals surface area contributed by atoms with Crippen molar-refractivity contribution in [1.29, 1.82) is 0 Å². The van der Waals surface area contributed by atoms with Crippen LogP contribution >= 0.6 is 23.2 Å². The standard InChI is InChI=1S/C14H18Cl2N4O/c15-9-5-7(6-10(16)12(9)17)18-14(21)13-8-3-1-2-4-11(8)19-20-13/h5-6,8,11,13,19-20H,1-4,17H2,(H,18,21). The number of fused-ring (bicyclic) bond motifs is 1. The molecule has 1 aromatic rings. The van der Waals surface area contributed by atoms with Gasteiger partial charge in [0, 0.05) is 17.6 Å². The largest absolute Gasteiger partial charge is 0.396 e. The van der Waals surface area contributed by atoms with Gasteiger partial charge in [0.2, 0.25) is 5.91 Å². The van der Waals surface area contributed by atoms with E-state index < -0.39 is 0 Å². The smallest absolute Gasteiger partial charge is 0.243 e. The fraction of sp³-hybridized carbons (Fsp3) is 0.500. The van der Waals surface area contributed by atoms with E-state index in [9.17, 15) is 4.79 Å². The molecule has 3 atom stereocenters. The van der Waals surface area contributed by atoms with Crippen molar-refractivity contribution < 1.29 is 4.79 Å². The van der Waals surface area contributed by atoms with Crippen LogP contribution in [0.25, 0.3) is 0 Å². The number of halogens is 2. The fourth-order valence-corrected chi connectivity index (χ4v) is 3.67. The minimum absolute atomic E-state index is 0.0752. The number of nitrogens with two attached hydrogens (primary N) is 1. The molecule has 5 N–H and O–H groups in total. The van der Waals surface area contributed by atoms with Crippen LogP contribution in [-0.2, 0) is 4.79 Å². The van der Waals surface area contributed by atoms with Gasteiger partial charge in [-0.2, -0.15) is 0 Å². The lowest BCUT2D eigenvalue weighted by Gasteiger charge is -2.26. The Labute approximate surface area is 133 Å². The van der Waals surface area contributed by atoms with E-state index in [0.29, 0.717) is 33.4 Å². The van der Waals surface area contributed by atoms with Gasteiger partial charge in [-0.15, -0.1) is 0 Å². The first-order valence-electron chi connectivity index (χ1n) is 7.12. The fourth-order valence-electron chi connectivity index (χ4n) is 3.18. The third-order valence-corrected chi connectivity index (χ3v) is 4.93. The van der Waals surface area contributed by atoms with Crippen LogP contribution in [0.2, 0.25) is 10.0 Å². The summed E-state index contributed by atoms with van der Waals surface area (Å²) in [6.07, 6.45) is 4.56. The van der Waals surface area contributed by atoms with Gasteiger partial charge in [-0.1, -0.05) is 36.0 Å². The van der Waals surface area contributed by atoms with E-state index in [0.717, 1.165) is 12.8 Å². The Hall–Kier alpha value is -1.01. The van der Waals surface area contributed by atoms with Crippen LogP contribution in [-0.4, -0.2) is 18.0 Å². The maximum atomic E-state index is 12.4. The Morgan fingerprint density at radius 3 is 2.57 bits per heavy atom. The molecule has 1 saturated carbocycles. The van der Waals surface area contributed by atoms with Gasteiger partial charge in [0.15, 0.2) is 0 Å². The molecular formula is C14H18Cl2N4O. The lowest BCUT2D eigenvalue weighted by molar-refractivity contribution is -0.118. The van der Waals surface area contributed by atoms with Crippen LogP contribution < -0.4 is 21.9 Å². The van der Waals surface area contributed by atoms with Gasteiger partial charge in [0.1, 0.15) is 6.04 Å². The number of carbonyl (C=O) groups excluding carboxylic acids is 1. The summed E-state index contributed by atoms with van der Waals surface area (Å²) >= 11 is 12.0. The highest BCUT2D eigenvalue weighted by molar-refractivity contribution is 6.39. The topological polar surface area (TPSA) is 79.2 Å². The van der Waals surface area contributed by atoms with E-state index >= 15 is 0 Å². The van der Waals surface area contributed by atoms with Crippen molar-refractivity contribution >= 4 is 40.5 Å². The molecule has 3 unspecified atom stereocenters. The number of amides is 1. The van der Waals surface area contributed by atoms with Crippen molar-refractivity contribution in [2.24, 2.45) is 5.92 Å². The molecule has 114 valence electrons. The molecule has 1 aliphatic heterocycles. The van der Waals surface area contributed by atoms with Gasteiger partial charge in [-0.05, 0) is 25.0 Å². The third kappa shape index (κ3) is 2.97. The summed E-state index contributed by atoms with van der Waals surface area (Å²) in [5.41, 5.74) is 12.9. The maximum Gasteiger partial charge on any atom is 0.243 e. The predicted octanol–water partition coefficient (Wildman–Crippen LogP) is 2.55. The van der Waals surface area contributed by atoms with Crippen LogP contribution in [0.4, 0.5) is 11.4 Å². The van der Waals surface area contributed by atoms with Crippen LogP contribution in [0.1, 0.15) is 25.7 Å². The van der Waals surface area contributed by atoms with Gasteiger partial charge < -0.3 is 11.1 Å². The van der Waals surface area contributed by atoms with E-state index in [1.165, 1.54) is 12.8 Å². The summed E-state index contributed by atoms with van der Waals surface area (Å²) in [7, 11) is 0. The van der Waals surface area contributed by atoms with E-state index in [4.69, 9.17) is 28.9 Å². The first kappa shape index (κ1) is 14.9. The van der Waals surface area contributed by atoms with Crippen molar-refractivity contribution in [3.8, 4) is 0 Å². The molecule has 0 aromatic heterocycles. The number of hydrazine groups is 1. The molecule has 3 rings (SSSR count). The molecule has 1 aliphatic carbocycles. The van der Waals surface area contributed by atoms with Gasteiger partial charge in [0.25, 0.3) is 0 Å². The van der Waals surface area contributed by atoms with Gasteiger partial charge in [0.05, 0.1) is 15.7 Å². The molecule has 0 bridgehead atoms. The van der Waals surface area contributed by atoms with E-state index in [-0.39, 0.29) is 11.9 Å². The number of hydrogen-bond acceptors (Lipinski definition) is 4. The van der Waals surface area contributed by atoms with Gasteiger partial charge >= 0.3 is 0 Å². The molecule has 1 aromatic carbocycles. The molecule has 2 aliphatic rings. The molecule has 1 heterocycles. The lowest BCUT2D eigenvalue weighted by atomic mass is 9.81. The van der Waals surface area contributed by atoms with Crippen LogP contribution in [0.15, 0.2) is 12.1 Å². The summed E-state index contributed by atoms with van der Waals surface area (Å²) < 4.78 is 0. The molecule has 7 heteroatoms. The molecule has 0 spiro atoms. The normalized spacial score (nSPS) is 28.2. The minimum atomic E-state index is -0.231. The quantitative estimate of drug-likeness (QED) is 0.629. The van der Waals surface area contributed by atoms with Gasteiger partial charge in [-0.25, -0.2) is 5.43 Å². The molecule has 5 nitrogen and oxygen atoms in total. The highest BCUT2D eigenvalue weighted by atomic mass is 35.5. The zero-order chi connectivity index (χ0) is 15.0. The second-order valence-corrected chi connectivity index (χ2v) is 6.48. The highest BCUT2D eigenvalue weighted by Gasteiger charge is 2.40. The Morgan fingerprint density at radius 2 is 1.86 bits per heavy atom. The van der Waals surface area contributed by atoms with E-state index in [2.05, 4.69) is 16.2 Å². The number of rotatable bonds is 2. The number of nitrogen functional groups attached to an aromatic ring is 1. The Kier molecular flexibility index (Phi) is 4.26. The first-order valence-corrected chi connectivity index (χ1v) is 7.88. The summed E-state index contributed by atoms with van der Waals surface area (Å²) in [6, 6.07) is 3.38. The van der Waals surface area contributed by atoms with Crippen molar-refractivity contribution in [3.63, 3.8) is 0 Å². The highest BCUT2D eigenvalue weighted by Crippen LogP contribution is 2.33. The van der Waals surface area contributed by atoms with Crippen molar-refractivity contribution in [1.82, 2.24) is 10.9 Å². The summed E-state index contributed by atoms with van der Waals surface area (Å²) in [4.78, 5) is 12.4. The first-order chi connectivity index (χ1) is 10.1. The average Bonchev–Trinajstić information content (AvgIpc) is 2.88. The molecule has 2 fully saturated rings. The SMILES string of the molecule is Nc1c(Cl)cc(NC(=O)C2NNC3CCCCC32)cc1Cl.